The van der Waals surface area contributed by atoms with Gasteiger partial charge < -0.3 is 10.0 Å². The predicted octanol–water partition coefficient (Wildman–Crippen LogP) is 7.16. The molecular formula is C33H51NO3. The molecule has 4 aliphatic carbocycles. The van der Waals surface area contributed by atoms with E-state index in [0.717, 1.165) is 76.8 Å². The monoisotopic (exact) mass is 509 g/mol. The molecule has 2 saturated carbocycles. The fourth-order valence-corrected chi connectivity index (χ4v) is 9.15. The third-order valence-electron chi connectivity index (χ3n) is 11.0. The number of carbonyl (C=O) groups is 2. The summed E-state index contributed by atoms with van der Waals surface area (Å²) in [5, 5.41) is 9.14. The number of Topliss-reactive ketones (excluding diaryl/α,β-unsaturated/α-hetero) is 1. The van der Waals surface area contributed by atoms with Crippen LogP contribution in [0.15, 0.2) is 22.8 Å². The van der Waals surface area contributed by atoms with Crippen LogP contribution < -0.4 is 0 Å². The molecule has 5 aliphatic rings. The van der Waals surface area contributed by atoms with Gasteiger partial charge in [-0.2, -0.15) is 0 Å². The summed E-state index contributed by atoms with van der Waals surface area (Å²) in [5.41, 5.74) is 5.29. The summed E-state index contributed by atoms with van der Waals surface area (Å²) >= 11 is 0. The van der Waals surface area contributed by atoms with Crippen LogP contribution in [0, 0.1) is 29.1 Å². The van der Waals surface area contributed by atoms with Gasteiger partial charge in [0.25, 0.3) is 0 Å². The van der Waals surface area contributed by atoms with Gasteiger partial charge in [0, 0.05) is 25.6 Å². The smallest absolute Gasteiger partial charge is 0.230 e. The van der Waals surface area contributed by atoms with E-state index in [1.807, 2.05) is 4.90 Å². The predicted molar refractivity (Wildman–Crippen MR) is 149 cm³/mol. The van der Waals surface area contributed by atoms with Crippen LogP contribution in [0.2, 0.25) is 0 Å². The Morgan fingerprint density at radius 2 is 1.81 bits per heavy atom. The van der Waals surface area contributed by atoms with Crippen LogP contribution in [0.3, 0.4) is 0 Å². The first-order valence-corrected chi connectivity index (χ1v) is 15.9. The maximum atomic E-state index is 14.1. The van der Waals surface area contributed by atoms with Gasteiger partial charge in [-0.3, -0.25) is 9.59 Å². The molecule has 1 N–H and O–H groups in total. The summed E-state index contributed by atoms with van der Waals surface area (Å²) < 4.78 is 0. The Bertz CT molecular complexity index is 897. The van der Waals surface area contributed by atoms with E-state index in [4.69, 9.17) is 5.11 Å². The lowest BCUT2D eigenvalue weighted by Crippen LogP contribution is -2.45. The Morgan fingerprint density at radius 3 is 2.62 bits per heavy atom. The molecule has 0 spiro atoms. The summed E-state index contributed by atoms with van der Waals surface area (Å²) in [7, 11) is 0. The molecule has 0 aromatic heterocycles. The number of ketones is 1. The van der Waals surface area contributed by atoms with Gasteiger partial charge in [-0.05, 0) is 111 Å². The van der Waals surface area contributed by atoms with Gasteiger partial charge in [0.15, 0.2) is 0 Å². The van der Waals surface area contributed by atoms with Crippen molar-refractivity contribution in [1.29, 1.82) is 0 Å². The lowest BCUT2D eigenvalue weighted by atomic mass is 9.52. The molecular weight excluding hydrogens is 458 g/mol. The summed E-state index contributed by atoms with van der Waals surface area (Å²) in [6.45, 7) is 4.47. The third-order valence-corrected chi connectivity index (χ3v) is 11.0. The molecule has 0 radical (unpaired) electrons. The molecule has 0 aromatic carbocycles. The Morgan fingerprint density at radius 1 is 1.03 bits per heavy atom. The Hall–Kier alpha value is -1.42. The van der Waals surface area contributed by atoms with E-state index in [1.165, 1.54) is 51.4 Å². The lowest BCUT2D eigenvalue weighted by Gasteiger charge is -2.52. The summed E-state index contributed by atoms with van der Waals surface area (Å²) in [5.74, 6) is 2.08. The van der Waals surface area contributed by atoms with E-state index in [9.17, 15) is 9.59 Å². The molecule has 4 nitrogen and oxygen atoms in total. The number of likely N-dealkylation sites (tertiary alicyclic amines) is 1. The van der Waals surface area contributed by atoms with E-state index in [-0.39, 0.29) is 30.6 Å². The molecule has 1 heterocycles. The molecule has 0 aromatic rings. The molecule has 1 saturated heterocycles. The molecule has 37 heavy (non-hydrogen) atoms. The number of amides is 1. The van der Waals surface area contributed by atoms with Crippen molar-refractivity contribution in [2.24, 2.45) is 29.1 Å². The van der Waals surface area contributed by atoms with Gasteiger partial charge in [-0.25, -0.2) is 0 Å². The number of aliphatic hydroxyl groups excluding tert-OH is 1. The van der Waals surface area contributed by atoms with Crippen LogP contribution in [-0.2, 0) is 9.59 Å². The second kappa shape index (κ2) is 12.2. The lowest BCUT2D eigenvalue weighted by molar-refractivity contribution is -0.137. The minimum atomic E-state index is -0.00551. The van der Waals surface area contributed by atoms with E-state index in [0.29, 0.717) is 17.3 Å². The van der Waals surface area contributed by atoms with Crippen LogP contribution in [-0.4, -0.2) is 41.4 Å². The number of nitrogens with zero attached hydrogens (tertiary/aromatic N) is 1. The molecule has 1 amide bonds. The molecule has 206 valence electrons. The molecule has 4 heteroatoms. The number of carbonyl (C=O) groups excluding carboxylic acids is 2. The van der Waals surface area contributed by atoms with Crippen molar-refractivity contribution in [2.75, 3.05) is 19.7 Å². The highest BCUT2D eigenvalue weighted by atomic mass is 16.3. The van der Waals surface area contributed by atoms with Crippen LogP contribution >= 0.6 is 0 Å². The minimum Gasteiger partial charge on any atom is -0.396 e. The zero-order valence-electron chi connectivity index (χ0n) is 23.4. The second-order valence-corrected chi connectivity index (χ2v) is 13.3. The number of hydrogen-bond acceptors (Lipinski definition) is 3. The van der Waals surface area contributed by atoms with E-state index in [1.54, 1.807) is 16.7 Å². The van der Waals surface area contributed by atoms with Crippen molar-refractivity contribution in [1.82, 2.24) is 4.90 Å². The topological polar surface area (TPSA) is 57.6 Å². The number of unbranched alkanes of at least 4 members (excludes halogenated alkanes) is 4. The van der Waals surface area contributed by atoms with Crippen molar-refractivity contribution < 1.29 is 14.7 Å². The Kier molecular flexibility index (Phi) is 8.94. The van der Waals surface area contributed by atoms with E-state index < -0.39 is 0 Å². The standard InChI is InChI=1S/C33H51NO3/c1-33-18-11-15-29(33)27-17-16-24-12-6-7-13-25(24)32(27)28(23-33)26(14-5-3-2-4-10-21-35)30(36)22-31(37)34-19-8-9-20-34/h12,26-29,35H,2-11,13-23H2,1H3/t26?,27?,28-,29?,33+/m1/s1. The first-order valence-electron chi connectivity index (χ1n) is 15.9. The minimum absolute atomic E-state index is 0.00551. The maximum absolute atomic E-state index is 14.1. The molecule has 3 fully saturated rings. The number of allylic oxidation sites excluding steroid dienone is 4. The van der Waals surface area contributed by atoms with Crippen LogP contribution in [0.5, 0.6) is 0 Å². The Balaban J connectivity index is 1.43. The van der Waals surface area contributed by atoms with Crippen molar-refractivity contribution in [2.45, 2.75) is 122 Å². The molecule has 5 atom stereocenters. The molecule has 0 bridgehead atoms. The second-order valence-electron chi connectivity index (χ2n) is 13.3. The fourth-order valence-electron chi connectivity index (χ4n) is 9.15. The first kappa shape index (κ1) is 27.2. The average Bonchev–Trinajstić information content (AvgIpc) is 3.57. The quantitative estimate of drug-likeness (QED) is 0.237. The summed E-state index contributed by atoms with van der Waals surface area (Å²) in [4.78, 5) is 29.1. The van der Waals surface area contributed by atoms with Crippen LogP contribution in [0.1, 0.15) is 122 Å². The largest absolute Gasteiger partial charge is 0.396 e. The molecule has 5 rings (SSSR count). The number of fused-ring (bicyclic) bond motifs is 4. The number of hydrogen-bond donors (Lipinski definition) is 1. The summed E-state index contributed by atoms with van der Waals surface area (Å²) in [6.07, 6.45) is 22.3. The highest BCUT2D eigenvalue weighted by Gasteiger charge is 2.54. The third kappa shape index (κ3) is 5.80. The van der Waals surface area contributed by atoms with Gasteiger partial charge in [0.1, 0.15) is 5.78 Å². The maximum Gasteiger partial charge on any atom is 0.230 e. The van der Waals surface area contributed by atoms with Crippen LogP contribution in [0.25, 0.3) is 0 Å². The number of rotatable bonds is 11. The normalized spacial score (nSPS) is 32.0. The van der Waals surface area contributed by atoms with E-state index >= 15 is 0 Å². The van der Waals surface area contributed by atoms with Crippen LogP contribution in [0.4, 0.5) is 0 Å². The van der Waals surface area contributed by atoms with Gasteiger partial charge in [0.05, 0.1) is 6.42 Å². The highest BCUT2D eigenvalue weighted by Crippen LogP contribution is 2.63. The molecule has 1 aliphatic heterocycles. The van der Waals surface area contributed by atoms with Crippen molar-refractivity contribution in [3.05, 3.63) is 22.8 Å². The number of aliphatic hydroxyl groups is 1. The summed E-state index contributed by atoms with van der Waals surface area (Å²) in [6, 6.07) is 0. The van der Waals surface area contributed by atoms with E-state index in [2.05, 4.69) is 13.0 Å². The SMILES string of the molecule is C[C@@]12CCCC1C1CCC3=CCCCC3=C1[C@@H](C(CCCCCCCO)C(=O)CC(=O)N1CCCC1)C2. The zero-order chi connectivity index (χ0) is 25.8. The fraction of sp³-hybridized carbons (Fsp3) is 0.818. The van der Waals surface area contributed by atoms with Crippen molar-refractivity contribution in [3.63, 3.8) is 0 Å². The molecule has 3 unspecified atom stereocenters. The van der Waals surface area contributed by atoms with Gasteiger partial charge >= 0.3 is 0 Å². The Labute approximate surface area is 225 Å². The highest BCUT2D eigenvalue weighted by molar-refractivity contribution is 5.99. The van der Waals surface area contributed by atoms with Crippen molar-refractivity contribution >= 4 is 11.7 Å². The van der Waals surface area contributed by atoms with Gasteiger partial charge in [0.2, 0.25) is 5.91 Å². The van der Waals surface area contributed by atoms with Gasteiger partial charge in [-0.15, -0.1) is 0 Å². The average molecular weight is 510 g/mol. The zero-order valence-corrected chi connectivity index (χ0v) is 23.4. The van der Waals surface area contributed by atoms with Crippen molar-refractivity contribution in [3.8, 4) is 0 Å². The first-order chi connectivity index (χ1) is 18.0. The van der Waals surface area contributed by atoms with Gasteiger partial charge in [-0.1, -0.05) is 50.7 Å².